The van der Waals surface area contributed by atoms with Crippen molar-refractivity contribution in [3.63, 3.8) is 0 Å². The molecule has 2 nitrogen and oxygen atoms in total. The summed E-state index contributed by atoms with van der Waals surface area (Å²) in [7, 11) is 0. The highest BCUT2D eigenvalue weighted by Gasteiger charge is 2.10. The number of aromatic nitrogens is 1. The molecule has 2 aromatic rings. The Hall–Kier alpha value is -0.900. The van der Waals surface area contributed by atoms with Crippen LogP contribution in [-0.2, 0) is 17.6 Å². The molecule has 0 amide bonds. The van der Waals surface area contributed by atoms with Gasteiger partial charge in [0.25, 0.3) is 0 Å². The molecular weight excluding hydrogens is 289 g/mol. The van der Waals surface area contributed by atoms with Crippen LogP contribution in [0.1, 0.15) is 16.3 Å². The number of aryl methyl sites for hydroxylation is 1. The Balaban J connectivity index is 2.05. The summed E-state index contributed by atoms with van der Waals surface area (Å²) in [4.78, 5) is 16.2. The van der Waals surface area contributed by atoms with E-state index >= 15 is 0 Å². The molecule has 0 bridgehead atoms. The standard InChI is InChI=1S/C13H11Cl2NOS/c1-8-7-18-13(16-8)6-11(17)5-9-4-10(14)2-3-12(9)15/h2-4,7H,5-6H2,1H3. The van der Waals surface area contributed by atoms with Gasteiger partial charge in [-0.25, -0.2) is 4.98 Å². The van der Waals surface area contributed by atoms with Crippen LogP contribution < -0.4 is 0 Å². The maximum atomic E-state index is 11.9. The van der Waals surface area contributed by atoms with Crippen LogP contribution in [0.2, 0.25) is 10.0 Å². The van der Waals surface area contributed by atoms with Gasteiger partial charge >= 0.3 is 0 Å². The van der Waals surface area contributed by atoms with Crippen molar-refractivity contribution >= 4 is 40.3 Å². The Morgan fingerprint density at radius 2 is 2.11 bits per heavy atom. The maximum Gasteiger partial charge on any atom is 0.144 e. The number of Topliss-reactive ketones (excluding diaryl/α,β-unsaturated/α-hetero) is 1. The molecule has 0 fully saturated rings. The highest BCUT2D eigenvalue weighted by Crippen LogP contribution is 2.22. The molecule has 0 saturated heterocycles. The van der Waals surface area contributed by atoms with Gasteiger partial charge in [-0.2, -0.15) is 0 Å². The number of hydrogen-bond donors (Lipinski definition) is 0. The van der Waals surface area contributed by atoms with Crippen molar-refractivity contribution < 1.29 is 4.79 Å². The van der Waals surface area contributed by atoms with Gasteiger partial charge in [0.15, 0.2) is 0 Å². The second kappa shape index (κ2) is 5.83. The second-order valence-corrected chi connectivity index (χ2v) is 5.80. The van der Waals surface area contributed by atoms with E-state index in [1.165, 1.54) is 11.3 Å². The van der Waals surface area contributed by atoms with Gasteiger partial charge < -0.3 is 0 Å². The summed E-state index contributed by atoms with van der Waals surface area (Å²) in [6, 6.07) is 5.15. The van der Waals surface area contributed by atoms with Crippen LogP contribution in [0.4, 0.5) is 0 Å². The third-order valence-electron chi connectivity index (χ3n) is 2.41. The van der Waals surface area contributed by atoms with Crippen LogP contribution in [0.3, 0.4) is 0 Å². The highest BCUT2D eigenvalue weighted by atomic mass is 35.5. The van der Waals surface area contributed by atoms with Crippen molar-refractivity contribution in [2.45, 2.75) is 19.8 Å². The van der Waals surface area contributed by atoms with Crippen molar-refractivity contribution in [3.05, 3.63) is 49.9 Å². The molecule has 0 aliphatic carbocycles. The minimum atomic E-state index is 0.0912. The number of thiazole rings is 1. The summed E-state index contributed by atoms with van der Waals surface area (Å²) in [6.07, 6.45) is 0.638. The SMILES string of the molecule is Cc1csc(CC(=O)Cc2cc(Cl)ccc2Cl)n1. The van der Waals surface area contributed by atoms with E-state index in [1.807, 2.05) is 12.3 Å². The summed E-state index contributed by atoms with van der Waals surface area (Å²) in [6.45, 7) is 1.91. The molecule has 1 aromatic heterocycles. The second-order valence-electron chi connectivity index (χ2n) is 4.01. The Morgan fingerprint density at radius 3 is 2.78 bits per heavy atom. The number of hydrogen-bond acceptors (Lipinski definition) is 3. The average Bonchev–Trinajstić information content (AvgIpc) is 2.69. The zero-order valence-corrected chi connectivity index (χ0v) is 12.1. The summed E-state index contributed by atoms with van der Waals surface area (Å²) in [5.41, 5.74) is 1.71. The smallest absolute Gasteiger partial charge is 0.144 e. The Bertz CT molecular complexity index is 580. The van der Waals surface area contributed by atoms with Crippen LogP contribution in [0.25, 0.3) is 0 Å². The molecule has 1 heterocycles. The average molecular weight is 300 g/mol. The lowest BCUT2D eigenvalue weighted by Gasteiger charge is -2.03. The van der Waals surface area contributed by atoms with E-state index in [2.05, 4.69) is 4.98 Å². The number of nitrogens with zero attached hydrogens (tertiary/aromatic N) is 1. The number of carbonyl (C=O) groups excluding carboxylic acids is 1. The molecule has 0 N–H and O–H groups in total. The van der Waals surface area contributed by atoms with E-state index in [4.69, 9.17) is 23.2 Å². The normalized spacial score (nSPS) is 10.6. The fourth-order valence-corrected chi connectivity index (χ4v) is 2.79. The molecule has 0 atom stereocenters. The predicted molar refractivity (Wildman–Crippen MR) is 75.7 cm³/mol. The van der Waals surface area contributed by atoms with Crippen LogP contribution in [0, 0.1) is 6.92 Å². The van der Waals surface area contributed by atoms with Crippen molar-refractivity contribution in [1.82, 2.24) is 4.98 Å². The Morgan fingerprint density at radius 1 is 1.33 bits per heavy atom. The minimum absolute atomic E-state index is 0.0912. The quantitative estimate of drug-likeness (QED) is 0.850. The lowest BCUT2D eigenvalue weighted by atomic mass is 10.1. The third-order valence-corrected chi connectivity index (χ3v) is 3.98. The predicted octanol–water partition coefficient (Wildman–Crippen LogP) is 4.11. The number of carbonyl (C=O) groups is 1. The van der Waals surface area contributed by atoms with E-state index < -0.39 is 0 Å². The van der Waals surface area contributed by atoms with Crippen LogP contribution in [0.15, 0.2) is 23.6 Å². The summed E-state index contributed by atoms with van der Waals surface area (Å²) < 4.78 is 0. The summed E-state index contributed by atoms with van der Waals surface area (Å²) in [5.74, 6) is 0.0912. The topological polar surface area (TPSA) is 30.0 Å². The van der Waals surface area contributed by atoms with Crippen molar-refractivity contribution in [3.8, 4) is 0 Å². The fourth-order valence-electron chi connectivity index (χ4n) is 1.61. The van der Waals surface area contributed by atoms with Gasteiger partial charge in [-0.3, -0.25) is 4.79 Å². The number of rotatable bonds is 4. The first-order chi connectivity index (χ1) is 8.54. The molecular formula is C13H11Cl2NOS. The third kappa shape index (κ3) is 3.55. The summed E-state index contributed by atoms with van der Waals surface area (Å²) >= 11 is 13.4. The molecule has 0 radical (unpaired) electrons. The minimum Gasteiger partial charge on any atom is -0.299 e. The van der Waals surface area contributed by atoms with Gasteiger partial charge in [0, 0.05) is 27.5 Å². The lowest BCUT2D eigenvalue weighted by Crippen LogP contribution is -2.06. The van der Waals surface area contributed by atoms with Gasteiger partial charge in [-0.1, -0.05) is 23.2 Å². The van der Waals surface area contributed by atoms with E-state index in [1.54, 1.807) is 18.2 Å². The van der Waals surface area contributed by atoms with Gasteiger partial charge in [0.1, 0.15) is 10.8 Å². The molecule has 18 heavy (non-hydrogen) atoms. The molecule has 0 spiro atoms. The fraction of sp³-hybridized carbons (Fsp3) is 0.231. The maximum absolute atomic E-state index is 11.9. The number of benzene rings is 1. The van der Waals surface area contributed by atoms with Crippen LogP contribution >= 0.6 is 34.5 Å². The molecule has 0 aliphatic rings. The van der Waals surface area contributed by atoms with Crippen LogP contribution in [0.5, 0.6) is 0 Å². The van der Waals surface area contributed by atoms with Crippen LogP contribution in [-0.4, -0.2) is 10.8 Å². The van der Waals surface area contributed by atoms with Crippen molar-refractivity contribution in [1.29, 1.82) is 0 Å². The molecule has 0 unspecified atom stereocenters. The van der Waals surface area contributed by atoms with Crippen molar-refractivity contribution in [2.75, 3.05) is 0 Å². The largest absolute Gasteiger partial charge is 0.299 e. The Kier molecular flexibility index (Phi) is 4.38. The Labute approximate surface area is 120 Å². The molecule has 0 saturated carbocycles. The zero-order valence-electron chi connectivity index (χ0n) is 9.74. The number of halogens is 2. The molecule has 5 heteroatoms. The first-order valence-corrected chi connectivity index (χ1v) is 7.05. The monoisotopic (exact) mass is 299 g/mol. The highest BCUT2D eigenvalue weighted by molar-refractivity contribution is 7.09. The molecule has 0 aliphatic heterocycles. The van der Waals surface area contributed by atoms with Gasteiger partial charge in [0.2, 0.25) is 0 Å². The molecule has 2 rings (SSSR count). The van der Waals surface area contributed by atoms with Gasteiger partial charge in [-0.15, -0.1) is 11.3 Å². The van der Waals surface area contributed by atoms with Gasteiger partial charge in [-0.05, 0) is 30.7 Å². The first kappa shape index (κ1) is 13.5. The lowest BCUT2D eigenvalue weighted by molar-refractivity contribution is -0.117. The number of ketones is 1. The van der Waals surface area contributed by atoms with E-state index in [9.17, 15) is 4.79 Å². The van der Waals surface area contributed by atoms with Gasteiger partial charge in [0.05, 0.1) is 6.42 Å². The zero-order chi connectivity index (χ0) is 13.1. The van der Waals surface area contributed by atoms with E-state index in [-0.39, 0.29) is 12.2 Å². The van der Waals surface area contributed by atoms with E-state index in [0.717, 1.165) is 16.3 Å². The summed E-state index contributed by atoms with van der Waals surface area (Å²) in [5, 5.41) is 3.95. The molecule has 94 valence electrons. The van der Waals surface area contributed by atoms with Crippen molar-refractivity contribution in [2.24, 2.45) is 0 Å². The first-order valence-electron chi connectivity index (χ1n) is 5.41. The molecule has 1 aromatic carbocycles. The van der Waals surface area contributed by atoms with E-state index in [0.29, 0.717) is 16.5 Å².